The van der Waals surface area contributed by atoms with E-state index in [1.54, 1.807) is 0 Å². The van der Waals surface area contributed by atoms with Gasteiger partial charge in [-0.2, -0.15) is 0 Å². The van der Waals surface area contributed by atoms with E-state index in [-0.39, 0.29) is 12.1 Å². The number of likely N-dealkylation sites (tertiary alicyclic amines) is 1. The molecule has 0 saturated carbocycles. The molecule has 1 aliphatic rings. The van der Waals surface area contributed by atoms with Crippen molar-refractivity contribution < 1.29 is 13.9 Å². The quantitative estimate of drug-likeness (QED) is 0.847. The Labute approximate surface area is 125 Å². The first-order valence-corrected chi connectivity index (χ1v) is 7.68. The molecule has 3 nitrogen and oxygen atoms in total. The number of piperidine rings is 1. The van der Waals surface area contributed by atoms with Crippen molar-refractivity contribution in [3.05, 3.63) is 35.4 Å². The van der Waals surface area contributed by atoms with Crippen molar-refractivity contribution in [3.8, 4) is 0 Å². The van der Waals surface area contributed by atoms with Gasteiger partial charge in [0.1, 0.15) is 11.6 Å². The number of nitrogens with one attached hydrogen (secondary N) is 1. The summed E-state index contributed by atoms with van der Waals surface area (Å²) < 4.78 is 26.7. The lowest BCUT2D eigenvalue weighted by molar-refractivity contribution is 0.0685. The molecule has 1 saturated heterocycles. The number of aliphatic hydroxyl groups excluding tert-OH is 1. The molecule has 1 aromatic rings. The average Bonchev–Trinajstić information content (AvgIpc) is 2.42. The van der Waals surface area contributed by atoms with E-state index in [1.807, 2.05) is 6.92 Å². The lowest BCUT2D eigenvalue weighted by Crippen LogP contribution is -2.39. The molecule has 2 rings (SSSR count). The van der Waals surface area contributed by atoms with Gasteiger partial charge < -0.3 is 15.3 Å². The van der Waals surface area contributed by atoms with Crippen LogP contribution in [0.15, 0.2) is 18.2 Å². The number of halogens is 2. The summed E-state index contributed by atoms with van der Waals surface area (Å²) in [4.78, 5) is 2.22. The van der Waals surface area contributed by atoms with Crippen LogP contribution in [0.5, 0.6) is 0 Å². The van der Waals surface area contributed by atoms with Gasteiger partial charge in [-0.05, 0) is 50.0 Å². The fraction of sp³-hybridized carbons (Fsp3) is 0.625. The molecule has 0 aliphatic carbocycles. The zero-order valence-corrected chi connectivity index (χ0v) is 12.5. The molecule has 2 N–H and O–H groups in total. The fourth-order valence-electron chi connectivity index (χ4n) is 2.96. The molecular formula is C16H24F2N2O. The second-order valence-corrected chi connectivity index (χ2v) is 5.70. The smallest absolute Gasteiger partial charge is 0.126 e. The number of rotatable bonds is 6. The molecular weight excluding hydrogens is 274 g/mol. The van der Waals surface area contributed by atoms with Crippen LogP contribution in [-0.2, 0) is 0 Å². The highest BCUT2D eigenvalue weighted by atomic mass is 19.1. The first-order chi connectivity index (χ1) is 10.1. The minimum Gasteiger partial charge on any atom is -0.392 e. The van der Waals surface area contributed by atoms with E-state index < -0.39 is 11.6 Å². The molecule has 118 valence electrons. The Kier molecular flexibility index (Phi) is 6.08. The molecule has 5 heteroatoms. The predicted molar refractivity (Wildman–Crippen MR) is 79.1 cm³/mol. The topological polar surface area (TPSA) is 35.5 Å². The van der Waals surface area contributed by atoms with Gasteiger partial charge in [-0.3, -0.25) is 0 Å². The molecule has 1 aromatic carbocycles. The van der Waals surface area contributed by atoms with Crippen molar-refractivity contribution in [1.29, 1.82) is 0 Å². The third-order valence-corrected chi connectivity index (χ3v) is 3.95. The van der Waals surface area contributed by atoms with Gasteiger partial charge in [0, 0.05) is 25.2 Å². The van der Waals surface area contributed by atoms with Crippen molar-refractivity contribution in [1.82, 2.24) is 10.2 Å². The largest absolute Gasteiger partial charge is 0.392 e. The minimum atomic E-state index is -0.540. The van der Waals surface area contributed by atoms with E-state index in [2.05, 4.69) is 10.2 Å². The minimum absolute atomic E-state index is 0.0701. The Morgan fingerprint density at radius 3 is 2.67 bits per heavy atom. The van der Waals surface area contributed by atoms with Crippen molar-refractivity contribution in [2.24, 2.45) is 0 Å². The molecule has 21 heavy (non-hydrogen) atoms. The third kappa shape index (κ3) is 5.02. The zero-order chi connectivity index (χ0) is 15.2. The molecule has 0 spiro atoms. The molecule has 1 fully saturated rings. The van der Waals surface area contributed by atoms with Gasteiger partial charge in [-0.25, -0.2) is 8.78 Å². The summed E-state index contributed by atoms with van der Waals surface area (Å²) in [5.74, 6) is -1.08. The molecule has 0 aromatic heterocycles. The maximum Gasteiger partial charge on any atom is 0.126 e. The number of nitrogens with zero attached hydrogens (tertiary/aromatic N) is 1. The van der Waals surface area contributed by atoms with Gasteiger partial charge in [-0.1, -0.05) is 6.92 Å². The van der Waals surface area contributed by atoms with Crippen LogP contribution < -0.4 is 5.32 Å². The summed E-state index contributed by atoms with van der Waals surface area (Å²) in [6.45, 7) is 5.20. The lowest BCUT2D eigenvalue weighted by atomic mass is 10.0. The Bertz CT molecular complexity index is 436. The average molecular weight is 298 g/mol. The maximum atomic E-state index is 13.4. The maximum absolute atomic E-state index is 13.4. The standard InChI is InChI=1S/C16H24F2N2O/c1-2-19-16(12-8-13(17)10-14(18)9-12)5-7-20-6-3-4-15(21)11-20/h8-10,15-16,19,21H,2-7,11H2,1H3. The van der Waals surface area contributed by atoms with E-state index in [9.17, 15) is 13.9 Å². The van der Waals surface area contributed by atoms with E-state index in [1.165, 1.54) is 12.1 Å². The summed E-state index contributed by atoms with van der Waals surface area (Å²) >= 11 is 0. The van der Waals surface area contributed by atoms with Gasteiger partial charge in [0.2, 0.25) is 0 Å². The predicted octanol–water partition coefficient (Wildman–Crippen LogP) is 2.46. The molecule has 2 atom stereocenters. The SMILES string of the molecule is CCNC(CCN1CCCC(O)C1)c1cc(F)cc(F)c1. The highest BCUT2D eigenvalue weighted by molar-refractivity contribution is 5.21. The van der Waals surface area contributed by atoms with Crippen LogP contribution in [0.4, 0.5) is 8.78 Å². The fourth-order valence-corrected chi connectivity index (χ4v) is 2.96. The Balaban J connectivity index is 1.98. The normalized spacial score (nSPS) is 21.4. The van der Waals surface area contributed by atoms with E-state index in [0.717, 1.165) is 45.0 Å². The zero-order valence-electron chi connectivity index (χ0n) is 12.5. The van der Waals surface area contributed by atoms with E-state index in [4.69, 9.17) is 0 Å². The van der Waals surface area contributed by atoms with Gasteiger partial charge in [0.15, 0.2) is 0 Å². The van der Waals surface area contributed by atoms with Crippen LogP contribution in [0.3, 0.4) is 0 Å². The van der Waals surface area contributed by atoms with Gasteiger partial charge >= 0.3 is 0 Å². The number of β-amino-alcohol motifs (C(OH)–C–C–N with tert-alkyl or cyclic N) is 1. The van der Waals surface area contributed by atoms with Crippen molar-refractivity contribution >= 4 is 0 Å². The molecule has 1 heterocycles. The van der Waals surface area contributed by atoms with Crippen LogP contribution in [-0.4, -0.2) is 42.3 Å². The number of benzene rings is 1. The summed E-state index contributed by atoms with van der Waals surface area (Å²) in [5, 5.41) is 13.0. The van der Waals surface area contributed by atoms with Crippen LogP contribution in [0.1, 0.15) is 37.8 Å². The lowest BCUT2D eigenvalue weighted by Gasteiger charge is -2.31. The van der Waals surface area contributed by atoms with Gasteiger partial charge in [0.05, 0.1) is 6.10 Å². The molecule has 0 amide bonds. The highest BCUT2D eigenvalue weighted by Crippen LogP contribution is 2.21. The van der Waals surface area contributed by atoms with Gasteiger partial charge in [-0.15, -0.1) is 0 Å². The Morgan fingerprint density at radius 1 is 1.33 bits per heavy atom. The first kappa shape index (κ1) is 16.3. The van der Waals surface area contributed by atoms with Crippen molar-refractivity contribution in [2.75, 3.05) is 26.2 Å². The second kappa shape index (κ2) is 7.82. The monoisotopic (exact) mass is 298 g/mol. The highest BCUT2D eigenvalue weighted by Gasteiger charge is 2.19. The van der Waals surface area contributed by atoms with Crippen molar-refractivity contribution in [3.63, 3.8) is 0 Å². The number of hydrogen-bond acceptors (Lipinski definition) is 3. The summed E-state index contributed by atoms with van der Waals surface area (Å²) in [6, 6.07) is 3.61. The van der Waals surface area contributed by atoms with E-state index >= 15 is 0 Å². The molecule has 1 aliphatic heterocycles. The van der Waals surface area contributed by atoms with Crippen LogP contribution in [0, 0.1) is 11.6 Å². The van der Waals surface area contributed by atoms with Crippen molar-refractivity contribution in [2.45, 2.75) is 38.3 Å². The first-order valence-electron chi connectivity index (χ1n) is 7.68. The summed E-state index contributed by atoms with van der Waals surface area (Å²) in [5.41, 5.74) is 0.645. The Hall–Kier alpha value is -1.04. The molecule has 0 bridgehead atoms. The van der Waals surface area contributed by atoms with Crippen LogP contribution in [0.25, 0.3) is 0 Å². The third-order valence-electron chi connectivity index (χ3n) is 3.95. The summed E-state index contributed by atoms with van der Waals surface area (Å²) in [6.07, 6.45) is 2.39. The molecule has 0 radical (unpaired) electrons. The number of aliphatic hydroxyl groups is 1. The van der Waals surface area contributed by atoms with E-state index in [0.29, 0.717) is 12.1 Å². The van der Waals surface area contributed by atoms with Crippen LogP contribution in [0.2, 0.25) is 0 Å². The number of hydrogen-bond donors (Lipinski definition) is 2. The van der Waals surface area contributed by atoms with Crippen LogP contribution >= 0.6 is 0 Å². The van der Waals surface area contributed by atoms with Gasteiger partial charge in [0.25, 0.3) is 0 Å². The molecule has 2 unspecified atom stereocenters. The second-order valence-electron chi connectivity index (χ2n) is 5.70. The Morgan fingerprint density at radius 2 is 2.05 bits per heavy atom. The summed E-state index contributed by atoms with van der Waals surface area (Å²) in [7, 11) is 0.